The first kappa shape index (κ1) is 23.6. The van der Waals surface area contributed by atoms with Crippen molar-refractivity contribution in [1.82, 2.24) is 20.1 Å². The van der Waals surface area contributed by atoms with E-state index in [4.69, 9.17) is 0 Å². The Labute approximate surface area is 188 Å². The van der Waals surface area contributed by atoms with Crippen LogP contribution in [-0.2, 0) is 27.9 Å². The smallest absolute Gasteiger partial charge is 0.232 e. The molecule has 2 aromatic rings. The molecule has 1 amide bonds. The van der Waals surface area contributed by atoms with E-state index in [2.05, 4.69) is 22.4 Å². The number of hydrogen-bond donors (Lipinski definition) is 1. The molecule has 3 rings (SSSR count). The first-order chi connectivity index (χ1) is 14.8. The van der Waals surface area contributed by atoms with Gasteiger partial charge in [0, 0.05) is 12.6 Å². The number of carbonyl (C=O) groups excluding carboxylic acids is 1. The zero-order valence-corrected chi connectivity index (χ0v) is 20.0. The van der Waals surface area contributed by atoms with Crippen molar-refractivity contribution in [3.8, 4) is 0 Å². The van der Waals surface area contributed by atoms with Crippen LogP contribution in [0.15, 0.2) is 35.5 Å². The van der Waals surface area contributed by atoms with Gasteiger partial charge in [-0.25, -0.2) is 8.42 Å². The number of carbonyl (C=O) groups is 1. The lowest BCUT2D eigenvalue weighted by molar-refractivity contribution is -0.119. The summed E-state index contributed by atoms with van der Waals surface area (Å²) in [4.78, 5) is 12.5. The number of rotatable bonds is 9. The van der Waals surface area contributed by atoms with Gasteiger partial charge in [-0.3, -0.25) is 9.10 Å². The Hall–Kier alpha value is -2.07. The van der Waals surface area contributed by atoms with Crippen molar-refractivity contribution in [2.75, 3.05) is 16.3 Å². The van der Waals surface area contributed by atoms with Crippen molar-refractivity contribution < 1.29 is 13.2 Å². The summed E-state index contributed by atoms with van der Waals surface area (Å²) in [5.74, 6) is 1.31. The van der Waals surface area contributed by atoms with Crippen molar-refractivity contribution in [2.45, 2.75) is 63.8 Å². The fraction of sp³-hybridized carbons (Fsp3) is 0.571. The number of nitrogens with one attached hydrogen (secondary N) is 1. The van der Waals surface area contributed by atoms with Gasteiger partial charge in [0.1, 0.15) is 0 Å². The Kier molecular flexibility index (Phi) is 7.99. The summed E-state index contributed by atoms with van der Waals surface area (Å²) < 4.78 is 27.9. The Morgan fingerprint density at radius 1 is 1.23 bits per heavy atom. The van der Waals surface area contributed by atoms with Gasteiger partial charge in [-0.2, -0.15) is 0 Å². The normalized spacial score (nSPS) is 19.2. The number of nitrogens with zero attached hydrogens (tertiary/aromatic N) is 4. The molecule has 170 valence electrons. The van der Waals surface area contributed by atoms with Gasteiger partial charge in [-0.15, -0.1) is 10.2 Å². The fourth-order valence-electron chi connectivity index (χ4n) is 3.89. The minimum Gasteiger partial charge on any atom is -0.352 e. The highest BCUT2D eigenvalue weighted by Gasteiger charge is 2.24. The van der Waals surface area contributed by atoms with E-state index >= 15 is 0 Å². The molecule has 1 N–H and O–H groups in total. The molecule has 1 aliphatic carbocycles. The van der Waals surface area contributed by atoms with Gasteiger partial charge < -0.3 is 9.88 Å². The Balaban J connectivity index is 1.68. The van der Waals surface area contributed by atoms with Crippen LogP contribution in [0.3, 0.4) is 0 Å². The van der Waals surface area contributed by atoms with Gasteiger partial charge in [0.15, 0.2) is 11.0 Å². The molecule has 0 spiro atoms. The van der Waals surface area contributed by atoms with E-state index in [1.54, 1.807) is 24.3 Å². The number of sulfonamides is 1. The van der Waals surface area contributed by atoms with Crippen LogP contribution in [0.25, 0.3) is 0 Å². The number of aromatic nitrogens is 3. The minimum absolute atomic E-state index is 0.00185. The van der Waals surface area contributed by atoms with Crippen molar-refractivity contribution in [3.05, 3.63) is 36.2 Å². The summed E-state index contributed by atoms with van der Waals surface area (Å²) in [5, 5.41) is 12.2. The molecule has 1 aromatic carbocycles. The second-order valence-corrected chi connectivity index (χ2v) is 10.8. The lowest BCUT2D eigenvalue weighted by Gasteiger charge is -2.29. The largest absolute Gasteiger partial charge is 0.352 e. The number of amides is 1. The van der Waals surface area contributed by atoms with Crippen LogP contribution in [0.1, 0.15) is 45.4 Å². The number of thioether (sulfide) groups is 1. The molecular weight excluding hydrogens is 434 g/mol. The second-order valence-electron chi connectivity index (χ2n) is 7.97. The van der Waals surface area contributed by atoms with Crippen LogP contribution >= 0.6 is 11.8 Å². The number of anilines is 1. The third kappa shape index (κ3) is 6.22. The van der Waals surface area contributed by atoms with Crippen molar-refractivity contribution >= 4 is 33.4 Å². The number of benzene rings is 1. The van der Waals surface area contributed by atoms with Gasteiger partial charge >= 0.3 is 0 Å². The first-order valence-corrected chi connectivity index (χ1v) is 13.5. The van der Waals surface area contributed by atoms with E-state index in [-0.39, 0.29) is 24.2 Å². The molecular formula is C21H31N5O3S2. The van der Waals surface area contributed by atoms with Gasteiger partial charge in [-0.05, 0) is 37.8 Å². The van der Waals surface area contributed by atoms with Gasteiger partial charge in [0.05, 0.1) is 24.2 Å². The molecule has 8 nitrogen and oxygen atoms in total. The van der Waals surface area contributed by atoms with Crippen LogP contribution in [0.5, 0.6) is 0 Å². The van der Waals surface area contributed by atoms with Crippen LogP contribution in [0.2, 0.25) is 0 Å². The second kappa shape index (κ2) is 10.5. The third-order valence-electron chi connectivity index (χ3n) is 5.63. The van der Waals surface area contributed by atoms with E-state index in [0.717, 1.165) is 19.3 Å². The predicted octanol–water partition coefficient (Wildman–Crippen LogP) is 3.05. The number of para-hydroxylation sites is 1. The summed E-state index contributed by atoms with van der Waals surface area (Å²) in [6.07, 6.45) is 5.77. The SMILES string of the molecule is CCn1c(CN(c2ccccc2)S(C)(=O)=O)nnc1SCC(=O)N[C@@H]1CCCC[C@H]1C. The van der Waals surface area contributed by atoms with Crippen molar-refractivity contribution in [3.63, 3.8) is 0 Å². The van der Waals surface area contributed by atoms with Crippen LogP contribution in [0, 0.1) is 5.92 Å². The number of hydrogen-bond acceptors (Lipinski definition) is 6. The fourth-order valence-corrected chi connectivity index (χ4v) is 5.58. The van der Waals surface area contributed by atoms with E-state index in [9.17, 15) is 13.2 Å². The molecule has 0 aliphatic heterocycles. The quantitative estimate of drug-likeness (QED) is 0.572. The maximum atomic E-state index is 12.5. The van der Waals surface area contributed by atoms with Gasteiger partial charge in [-0.1, -0.05) is 49.7 Å². The Bertz CT molecular complexity index is 978. The van der Waals surface area contributed by atoms with E-state index in [1.165, 1.54) is 28.7 Å². The zero-order valence-electron chi connectivity index (χ0n) is 18.3. The molecule has 0 saturated heterocycles. The molecule has 0 bridgehead atoms. The molecule has 1 fully saturated rings. The summed E-state index contributed by atoms with van der Waals surface area (Å²) in [5.41, 5.74) is 0.575. The third-order valence-corrected chi connectivity index (χ3v) is 7.74. The summed E-state index contributed by atoms with van der Waals surface area (Å²) in [7, 11) is -3.50. The highest BCUT2D eigenvalue weighted by atomic mass is 32.2. The maximum absolute atomic E-state index is 12.5. The predicted molar refractivity (Wildman–Crippen MR) is 123 cm³/mol. The van der Waals surface area contributed by atoms with Crippen LogP contribution in [-0.4, -0.2) is 47.1 Å². The first-order valence-electron chi connectivity index (χ1n) is 10.7. The molecule has 10 heteroatoms. The lowest BCUT2D eigenvalue weighted by Crippen LogP contribution is -2.41. The molecule has 2 atom stereocenters. The lowest BCUT2D eigenvalue weighted by atomic mass is 9.86. The van der Waals surface area contributed by atoms with E-state index < -0.39 is 10.0 Å². The van der Waals surface area contributed by atoms with Crippen molar-refractivity contribution in [1.29, 1.82) is 0 Å². The highest BCUT2D eigenvalue weighted by Crippen LogP contribution is 2.25. The molecule has 1 saturated carbocycles. The van der Waals surface area contributed by atoms with Crippen molar-refractivity contribution in [2.24, 2.45) is 5.92 Å². The van der Waals surface area contributed by atoms with E-state index in [1.807, 2.05) is 17.6 Å². The molecule has 1 heterocycles. The Morgan fingerprint density at radius 3 is 2.58 bits per heavy atom. The molecule has 0 radical (unpaired) electrons. The highest BCUT2D eigenvalue weighted by molar-refractivity contribution is 7.99. The van der Waals surface area contributed by atoms with Crippen LogP contribution < -0.4 is 9.62 Å². The molecule has 0 unspecified atom stereocenters. The average Bonchev–Trinajstić information content (AvgIpc) is 3.13. The van der Waals surface area contributed by atoms with Gasteiger partial charge in [0.25, 0.3) is 0 Å². The molecule has 1 aromatic heterocycles. The Morgan fingerprint density at radius 2 is 1.94 bits per heavy atom. The average molecular weight is 466 g/mol. The zero-order chi connectivity index (χ0) is 22.4. The molecule has 31 heavy (non-hydrogen) atoms. The summed E-state index contributed by atoms with van der Waals surface area (Å²) >= 11 is 1.33. The minimum atomic E-state index is -3.50. The van der Waals surface area contributed by atoms with Crippen LogP contribution in [0.4, 0.5) is 5.69 Å². The van der Waals surface area contributed by atoms with Gasteiger partial charge in [0.2, 0.25) is 15.9 Å². The maximum Gasteiger partial charge on any atom is 0.232 e. The molecule has 1 aliphatic rings. The summed E-state index contributed by atoms with van der Waals surface area (Å²) in [6, 6.07) is 9.18. The standard InChI is InChI=1S/C21H31N5O3S2/c1-4-25-19(14-26(31(3,28)29)17-11-6-5-7-12-17)23-24-21(25)30-15-20(27)22-18-13-9-8-10-16(18)2/h5-7,11-12,16,18H,4,8-10,13-15H2,1-3H3,(H,22,27)/t16-,18-/m1/s1. The topological polar surface area (TPSA) is 97.2 Å². The van der Waals surface area contributed by atoms with E-state index in [0.29, 0.717) is 29.1 Å². The monoisotopic (exact) mass is 465 g/mol. The summed E-state index contributed by atoms with van der Waals surface area (Å²) in [6.45, 7) is 4.81.